The lowest BCUT2D eigenvalue weighted by molar-refractivity contribution is 0.547. The van der Waals surface area contributed by atoms with Gasteiger partial charge in [0.15, 0.2) is 0 Å². The van der Waals surface area contributed by atoms with Crippen LogP contribution in [0.15, 0.2) is 36.7 Å². The van der Waals surface area contributed by atoms with Crippen LogP contribution in [0.2, 0.25) is 0 Å². The van der Waals surface area contributed by atoms with Gasteiger partial charge < -0.3 is 5.32 Å². The minimum absolute atomic E-state index is 0.194. The molecule has 0 aliphatic heterocycles. The summed E-state index contributed by atoms with van der Waals surface area (Å²) in [6, 6.07) is 6.86. The molecule has 96 valence electrons. The maximum absolute atomic E-state index is 12.9. The van der Waals surface area contributed by atoms with Crippen LogP contribution in [0.5, 0.6) is 0 Å². The number of aryl methyl sites for hydroxylation is 1. The van der Waals surface area contributed by atoms with E-state index in [9.17, 15) is 4.39 Å². The van der Waals surface area contributed by atoms with Crippen molar-refractivity contribution in [2.45, 2.75) is 19.4 Å². The van der Waals surface area contributed by atoms with Crippen LogP contribution in [0.3, 0.4) is 0 Å². The summed E-state index contributed by atoms with van der Waals surface area (Å²) in [5.41, 5.74) is 2.27. The fraction of sp³-hybridized carbons (Fsp3) is 0.357. The van der Waals surface area contributed by atoms with Gasteiger partial charge in [-0.05, 0) is 36.2 Å². The van der Waals surface area contributed by atoms with E-state index < -0.39 is 0 Å². The molecular weight excluding hydrogens is 229 g/mol. The van der Waals surface area contributed by atoms with Crippen LogP contribution in [0.25, 0.3) is 0 Å². The molecule has 0 fully saturated rings. The van der Waals surface area contributed by atoms with Gasteiger partial charge in [-0.15, -0.1) is 0 Å². The van der Waals surface area contributed by atoms with Crippen LogP contribution < -0.4 is 5.32 Å². The topological polar surface area (TPSA) is 29.9 Å². The van der Waals surface area contributed by atoms with Gasteiger partial charge in [0, 0.05) is 19.3 Å². The third kappa shape index (κ3) is 3.17. The van der Waals surface area contributed by atoms with Crippen molar-refractivity contribution in [2.24, 2.45) is 7.05 Å². The largest absolute Gasteiger partial charge is 0.310 e. The summed E-state index contributed by atoms with van der Waals surface area (Å²) < 4.78 is 14.7. The third-order valence-corrected chi connectivity index (χ3v) is 2.92. The summed E-state index contributed by atoms with van der Waals surface area (Å²) in [6.45, 7) is 2.95. The highest BCUT2D eigenvalue weighted by Gasteiger charge is 2.12. The number of nitrogens with one attached hydrogen (secondary N) is 1. The van der Waals surface area contributed by atoms with E-state index >= 15 is 0 Å². The first-order valence-corrected chi connectivity index (χ1v) is 6.15. The molecule has 2 rings (SSSR count). The number of nitrogens with zero attached hydrogens (tertiary/aromatic N) is 2. The second-order valence-corrected chi connectivity index (χ2v) is 4.39. The molecule has 0 saturated heterocycles. The molecule has 0 spiro atoms. The van der Waals surface area contributed by atoms with E-state index in [0.29, 0.717) is 0 Å². The maximum Gasteiger partial charge on any atom is 0.123 e. The summed E-state index contributed by atoms with van der Waals surface area (Å²) >= 11 is 0. The fourth-order valence-electron chi connectivity index (χ4n) is 2.06. The molecule has 18 heavy (non-hydrogen) atoms. The highest BCUT2D eigenvalue weighted by Crippen LogP contribution is 2.18. The van der Waals surface area contributed by atoms with Crippen molar-refractivity contribution in [3.05, 3.63) is 53.6 Å². The fourth-order valence-corrected chi connectivity index (χ4v) is 2.06. The molecule has 0 radical (unpaired) electrons. The summed E-state index contributed by atoms with van der Waals surface area (Å²) in [7, 11) is 1.91. The molecular formula is C14H18FN3. The average molecular weight is 247 g/mol. The molecule has 1 aromatic carbocycles. The van der Waals surface area contributed by atoms with E-state index in [4.69, 9.17) is 0 Å². The molecule has 1 aromatic heterocycles. The molecule has 3 nitrogen and oxygen atoms in total. The zero-order valence-electron chi connectivity index (χ0n) is 10.7. The van der Waals surface area contributed by atoms with Crippen LogP contribution >= 0.6 is 0 Å². The Labute approximate surface area is 107 Å². The first-order valence-electron chi connectivity index (χ1n) is 6.15. The van der Waals surface area contributed by atoms with Gasteiger partial charge in [0.05, 0.1) is 6.20 Å². The third-order valence-electron chi connectivity index (χ3n) is 2.92. The van der Waals surface area contributed by atoms with Crippen molar-refractivity contribution in [3.63, 3.8) is 0 Å². The number of likely N-dealkylation sites (N-methyl/N-ethyl adjacent to an activating group) is 1. The molecule has 4 heteroatoms. The molecule has 0 saturated carbocycles. The number of aromatic nitrogens is 2. The lowest BCUT2D eigenvalue weighted by atomic mass is 10.0. The number of hydrogen-bond acceptors (Lipinski definition) is 2. The van der Waals surface area contributed by atoms with Crippen molar-refractivity contribution in [3.8, 4) is 0 Å². The molecule has 0 aliphatic carbocycles. The molecule has 1 N–H and O–H groups in total. The van der Waals surface area contributed by atoms with Crippen molar-refractivity contribution in [1.82, 2.24) is 15.1 Å². The molecule has 1 unspecified atom stereocenters. The molecule has 0 amide bonds. The minimum atomic E-state index is -0.199. The predicted octanol–water partition coefficient (Wildman–Crippen LogP) is 2.45. The predicted molar refractivity (Wildman–Crippen MR) is 69.7 cm³/mol. The van der Waals surface area contributed by atoms with E-state index in [2.05, 4.69) is 17.3 Å². The zero-order chi connectivity index (χ0) is 13.0. The van der Waals surface area contributed by atoms with Gasteiger partial charge in [-0.1, -0.05) is 19.1 Å². The normalized spacial score (nSPS) is 12.6. The van der Waals surface area contributed by atoms with Gasteiger partial charge in [0.1, 0.15) is 5.82 Å². The Kier molecular flexibility index (Phi) is 4.10. The Bertz CT molecular complexity index is 490. The molecule has 2 aromatic rings. The average Bonchev–Trinajstić information content (AvgIpc) is 2.75. The Morgan fingerprint density at radius 3 is 2.61 bits per heavy atom. The van der Waals surface area contributed by atoms with Gasteiger partial charge in [0.25, 0.3) is 0 Å². The van der Waals surface area contributed by atoms with Crippen molar-refractivity contribution >= 4 is 0 Å². The molecule has 0 bridgehead atoms. The highest BCUT2D eigenvalue weighted by atomic mass is 19.1. The van der Waals surface area contributed by atoms with Gasteiger partial charge >= 0.3 is 0 Å². The number of benzene rings is 1. The second-order valence-electron chi connectivity index (χ2n) is 4.39. The van der Waals surface area contributed by atoms with E-state index in [1.54, 1.807) is 4.68 Å². The van der Waals surface area contributed by atoms with Crippen LogP contribution in [0.1, 0.15) is 24.1 Å². The summed E-state index contributed by atoms with van der Waals surface area (Å²) in [5, 5.41) is 7.58. The van der Waals surface area contributed by atoms with Crippen molar-refractivity contribution < 1.29 is 4.39 Å². The summed E-state index contributed by atoms with van der Waals surface area (Å²) in [4.78, 5) is 0. The Hall–Kier alpha value is -1.68. The van der Waals surface area contributed by atoms with Gasteiger partial charge in [-0.25, -0.2) is 4.39 Å². The smallest absolute Gasteiger partial charge is 0.123 e. The maximum atomic E-state index is 12.9. The second kappa shape index (κ2) is 5.78. The van der Waals surface area contributed by atoms with Crippen LogP contribution in [0.4, 0.5) is 4.39 Å². The van der Waals surface area contributed by atoms with Crippen LogP contribution in [-0.4, -0.2) is 16.3 Å². The standard InChI is InChI=1S/C14H18FN3/c1-3-16-14(8-11-9-17-18(2)10-11)12-4-6-13(15)7-5-12/h4-7,9-10,14,16H,3,8H2,1-2H3. The quantitative estimate of drug-likeness (QED) is 0.879. The van der Waals surface area contributed by atoms with Gasteiger partial charge in [-0.3, -0.25) is 4.68 Å². The first-order chi connectivity index (χ1) is 8.69. The zero-order valence-corrected chi connectivity index (χ0v) is 10.7. The van der Waals surface area contributed by atoms with Crippen LogP contribution in [-0.2, 0) is 13.5 Å². The van der Waals surface area contributed by atoms with E-state index in [-0.39, 0.29) is 11.9 Å². The van der Waals surface area contributed by atoms with Crippen molar-refractivity contribution in [1.29, 1.82) is 0 Å². The van der Waals surface area contributed by atoms with E-state index in [1.165, 1.54) is 17.7 Å². The lowest BCUT2D eigenvalue weighted by Crippen LogP contribution is -2.22. The monoisotopic (exact) mass is 247 g/mol. The lowest BCUT2D eigenvalue weighted by Gasteiger charge is -2.17. The minimum Gasteiger partial charge on any atom is -0.310 e. The Balaban J connectivity index is 2.14. The Morgan fingerprint density at radius 2 is 2.06 bits per heavy atom. The van der Waals surface area contributed by atoms with Crippen LogP contribution in [0, 0.1) is 5.82 Å². The summed E-state index contributed by atoms with van der Waals surface area (Å²) in [5.74, 6) is -0.199. The SMILES string of the molecule is CCNC(Cc1cnn(C)c1)c1ccc(F)cc1. The van der Waals surface area contributed by atoms with Gasteiger partial charge in [0.2, 0.25) is 0 Å². The van der Waals surface area contributed by atoms with Crippen molar-refractivity contribution in [2.75, 3.05) is 6.54 Å². The van der Waals surface area contributed by atoms with E-state index in [0.717, 1.165) is 18.5 Å². The van der Waals surface area contributed by atoms with E-state index in [1.807, 2.05) is 31.6 Å². The number of rotatable bonds is 5. The Morgan fingerprint density at radius 1 is 1.33 bits per heavy atom. The number of halogens is 1. The van der Waals surface area contributed by atoms with Gasteiger partial charge in [-0.2, -0.15) is 5.10 Å². The summed E-state index contributed by atoms with van der Waals surface area (Å²) in [6.07, 6.45) is 4.73. The molecule has 0 aliphatic rings. The molecule has 1 atom stereocenters. The first kappa shape index (κ1) is 12.8. The number of hydrogen-bond donors (Lipinski definition) is 1. The molecule has 1 heterocycles. The highest BCUT2D eigenvalue weighted by molar-refractivity contribution is 5.22.